The molecular weight excluding hydrogens is 262 g/mol. The predicted octanol–water partition coefficient (Wildman–Crippen LogP) is 1.60. The van der Waals surface area contributed by atoms with E-state index in [1.165, 1.54) is 19.3 Å². The smallest absolute Gasteiger partial charge is 0.227 e. The molecule has 0 bridgehead atoms. The molecule has 0 spiro atoms. The van der Waals surface area contributed by atoms with Crippen molar-refractivity contribution in [2.45, 2.75) is 57.5 Å². The van der Waals surface area contributed by atoms with Gasteiger partial charge in [0.25, 0.3) is 0 Å². The van der Waals surface area contributed by atoms with Gasteiger partial charge in [-0.2, -0.15) is 0 Å². The summed E-state index contributed by atoms with van der Waals surface area (Å²) >= 11 is 0. The summed E-state index contributed by atoms with van der Waals surface area (Å²) in [5.74, 6) is 0.772. The predicted molar refractivity (Wildman–Crippen MR) is 73.4 cm³/mol. The lowest BCUT2D eigenvalue weighted by molar-refractivity contribution is -0.138. The summed E-state index contributed by atoms with van der Waals surface area (Å²) in [6, 6.07) is 0.684. The maximum absolute atomic E-state index is 12.7. The fraction of sp³-hybridized carbons (Fsp3) is 0.929. The van der Waals surface area contributed by atoms with Gasteiger partial charge in [-0.25, -0.2) is 8.42 Å². The molecule has 0 aromatic carbocycles. The number of carbonyl (C=O) groups excluding carboxylic acids is 1. The number of hydrogen-bond acceptors (Lipinski definition) is 3. The molecule has 4 atom stereocenters. The molecule has 108 valence electrons. The quantitative estimate of drug-likeness (QED) is 0.735. The van der Waals surface area contributed by atoms with Gasteiger partial charge in [0.2, 0.25) is 5.91 Å². The Morgan fingerprint density at radius 2 is 1.89 bits per heavy atom. The van der Waals surface area contributed by atoms with Crippen LogP contribution in [0.15, 0.2) is 0 Å². The van der Waals surface area contributed by atoms with Gasteiger partial charge < -0.3 is 4.90 Å². The van der Waals surface area contributed by atoms with Gasteiger partial charge in [-0.1, -0.05) is 12.8 Å². The highest BCUT2D eigenvalue weighted by molar-refractivity contribution is 7.91. The van der Waals surface area contributed by atoms with Crippen molar-refractivity contribution >= 4 is 15.7 Å². The summed E-state index contributed by atoms with van der Waals surface area (Å²) in [6.45, 7) is 2.12. The summed E-state index contributed by atoms with van der Waals surface area (Å²) in [7, 11) is -2.96. The van der Waals surface area contributed by atoms with Gasteiger partial charge >= 0.3 is 0 Å². The summed E-state index contributed by atoms with van der Waals surface area (Å²) in [5, 5.41) is 0. The van der Waals surface area contributed by atoms with Crippen LogP contribution in [0.1, 0.15) is 45.4 Å². The maximum Gasteiger partial charge on any atom is 0.227 e. The Balaban J connectivity index is 1.75. The van der Waals surface area contributed by atoms with E-state index in [1.54, 1.807) is 0 Å². The number of sulfone groups is 1. The number of likely N-dealkylation sites (tertiary alicyclic amines) is 1. The van der Waals surface area contributed by atoms with Crippen LogP contribution in [0, 0.1) is 11.8 Å². The molecule has 2 saturated heterocycles. The van der Waals surface area contributed by atoms with E-state index < -0.39 is 9.84 Å². The van der Waals surface area contributed by atoms with Crippen molar-refractivity contribution in [3.8, 4) is 0 Å². The Bertz CT molecular complexity index is 473. The molecule has 4 nitrogen and oxygen atoms in total. The van der Waals surface area contributed by atoms with Crippen molar-refractivity contribution in [2.75, 3.05) is 11.5 Å². The van der Waals surface area contributed by atoms with E-state index in [9.17, 15) is 13.2 Å². The Hall–Kier alpha value is -0.580. The first-order valence-corrected chi connectivity index (χ1v) is 9.33. The van der Waals surface area contributed by atoms with Crippen molar-refractivity contribution in [3.63, 3.8) is 0 Å². The van der Waals surface area contributed by atoms with Gasteiger partial charge in [-0.15, -0.1) is 0 Å². The molecule has 3 fully saturated rings. The Kier molecular flexibility index (Phi) is 3.36. The van der Waals surface area contributed by atoms with Crippen LogP contribution in [-0.4, -0.2) is 42.8 Å². The molecule has 3 rings (SSSR count). The number of hydrogen-bond donors (Lipinski definition) is 0. The third kappa shape index (κ3) is 2.41. The first-order valence-electron chi connectivity index (χ1n) is 7.50. The second-order valence-corrected chi connectivity index (χ2v) is 8.77. The van der Waals surface area contributed by atoms with Crippen molar-refractivity contribution < 1.29 is 13.2 Å². The molecule has 4 unspecified atom stereocenters. The molecule has 0 radical (unpaired) electrons. The van der Waals surface area contributed by atoms with Gasteiger partial charge in [0.05, 0.1) is 17.4 Å². The van der Waals surface area contributed by atoms with E-state index in [4.69, 9.17) is 0 Å². The molecule has 5 heteroatoms. The molecular formula is C14H23NO3S. The number of amides is 1. The van der Waals surface area contributed by atoms with E-state index >= 15 is 0 Å². The summed E-state index contributed by atoms with van der Waals surface area (Å²) in [5.41, 5.74) is 0. The third-order valence-electron chi connectivity index (χ3n) is 5.18. The van der Waals surface area contributed by atoms with Crippen molar-refractivity contribution in [1.29, 1.82) is 0 Å². The van der Waals surface area contributed by atoms with Gasteiger partial charge in [0, 0.05) is 12.1 Å². The SMILES string of the molecule is CC1CC2CCCCC2N1C(=O)C1CCS(=O)(=O)C1. The number of fused-ring (bicyclic) bond motifs is 1. The van der Waals surface area contributed by atoms with Gasteiger partial charge in [0.1, 0.15) is 0 Å². The average molecular weight is 285 g/mol. The molecule has 2 heterocycles. The van der Waals surface area contributed by atoms with Crippen LogP contribution < -0.4 is 0 Å². The molecule has 19 heavy (non-hydrogen) atoms. The summed E-state index contributed by atoms with van der Waals surface area (Å²) in [4.78, 5) is 14.7. The molecule has 0 aromatic rings. The molecule has 0 N–H and O–H groups in total. The van der Waals surface area contributed by atoms with Crippen LogP contribution in [0.4, 0.5) is 0 Å². The van der Waals surface area contributed by atoms with E-state index in [0.717, 1.165) is 12.8 Å². The molecule has 1 aliphatic carbocycles. The largest absolute Gasteiger partial charge is 0.336 e. The summed E-state index contributed by atoms with van der Waals surface area (Å²) in [6.07, 6.45) is 6.48. The highest BCUT2D eigenvalue weighted by Crippen LogP contribution is 2.40. The fourth-order valence-electron chi connectivity index (χ4n) is 4.29. The van der Waals surface area contributed by atoms with E-state index in [1.807, 2.05) is 0 Å². The van der Waals surface area contributed by atoms with Crippen molar-refractivity contribution in [1.82, 2.24) is 4.90 Å². The Morgan fingerprint density at radius 1 is 1.16 bits per heavy atom. The average Bonchev–Trinajstić information content (AvgIpc) is 2.87. The highest BCUT2D eigenvalue weighted by Gasteiger charge is 2.45. The van der Waals surface area contributed by atoms with Crippen LogP contribution in [0.3, 0.4) is 0 Å². The standard InChI is InChI=1S/C14H23NO3S/c1-10-8-11-4-2-3-5-13(11)15(10)14(16)12-6-7-19(17,18)9-12/h10-13H,2-9H2,1H3. The van der Waals surface area contributed by atoms with Gasteiger partial charge in [-0.3, -0.25) is 4.79 Å². The number of rotatable bonds is 1. The van der Waals surface area contributed by atoms with Crippen LogP contribution in [-0.2, 0) is 14.6 Å². The zero-order chi connectivity index (χ0) is 13.6. The van der Waals surface area contributed by atoms with Crippen LogP contribution in [0.5, 0.6) is 0 Å². The van der Waals surface area contributed by atoms with Gasteiger partial charge in [-0.05, 0) is 38.5 Å². The van der Waals surface area contributed by atoms with Crippen LogP contribution in [0.25, 0.3) is 0 Å². The van der Waals surface area contributed by atoms with E-state index in [2.05, 4.69) is 11.8 Å². The number of nitrogens with zero attached hydrogens (tertiary/aromatic N) is 1. The summed E-state index contributed by atoms with van der Waals surface area (Å²) < 4.78 is 23.1. The lowest BCUT2D eigenvalue weighted by Crippen LogP contribution is -2.45. The second kappa shape index (κ2) is 4.76. The van der Waals surface area contributed by atoms with E-state index in [0.29, 0.717) is 24.4 Å². The zero-order valence-corrected chi connectivity index (χ0v) is 12.4. The molecule has 1 amide bonds. The molecule has 0 aromatic heterocycles. The molecule has 1 saturated carbocycles. The van der Waals surface area contributed by atoms with Crippen molar-refractivity contribution in [3.05, 3.63) is 0 Å². The first kappa shape index (κ1) is 13.4. The Morgan fingerprint density at radius 3 is 2.58 bits per heavy atom. The minimum Gasteiger partial charge on any atom is -0.336 e. The lowest BCUT2D eigenvalue weighted by Gasteiger charge is -2.34. The van der Waals surface area contributed by atoms with Crippen molar-refractivity contribution in [2.24, 2.45) is 11.8 Å². The first-order chi connectivity index (χ1) is 8.98. The normalized spacial score (nSPS) is 41.2. The Labute approximate surface area is 115 Å². The zero-order valence-electron chi connectivity index (χ0n) is 11.5. The van der Waals surface area contributed by atoms with E-state index in [-0.39, 0.29) is 23.3 Å². The minimum absolute atomic E-state index is 0.0758. The topological polar surface area (TPSA) is 54.5 Å². The van der Waals surface area contributed by atoms with Gasteiger partial charge in [0.15, 0.2) is 9.84 Å². The maximum atomic E-state index is 12.7. The highest BCUT2D eigenvalue weighted by atomic mass is 32.2. The molecule has 3 aliphatic rings. The number of carbonyl (C=O) groups is 1. The second-order valence-electron chi connectivity index (χ2n) is 6.54. The fourth-order valence-corrected chi connectivity index (χ4v) is 6.02. The minimum atomic E-state index is -2.96. The van der Waals surface area contributed by atoms with Crippen LogP contribution >= 0.6 is 0 Å². The lowest BCUT2D eigenvalue weighted by atomic mass is 9.84. The monoisotopic (exact) mass is 285 g/mol. The van der Waals surface area contributed by atoms with Crippen LogP contribution in [0.2, 0.25) is 0 Å². The molecule has 2 aliphatic heterocycles. The third-order valence-corrected chi connectivity index (χ3v) is 6.95.